The third-order valence-electron chi connectivity index (χ3n) is 2.25. The van der Waals surface area contributed by atoms with Crippen LogP contribution in [0.25, 0.3) is 0 Å². The molecule has 0 N–H and O–H groups in total. The molecule has 11 heavy (non-hydrogen) atoms. The average Bonchev–Trinajstić information content (AvgIpc) is 2.07. The van der Waals surface area contributed by atoms with Crippen molar-refractivity contribution in [3.05, 3.63) is 24.3 Å². The van der Waals surface area contributed by atoms with Crippen LogP contribution in [0.1, 0.15) is 19.8 Å². The lowest BCUT2D eigenvalue weighted by Crippen LogP contribution is -2.16. The van der Waals surface area contributed by atoms with Crippen LogP contribution in [0.2, 0.25) is 0 Å². The van der Waals surface area contributed by atoms with Gasteiger partial charge in [0.15, 0.2) is 0 Å². The molecule has 1 heteroatoms. The minimum Gasteiger partial charge on any atom is -0.381 e. The van der Waals surface area contributed by atoms with E-state index in [-0.39, 0.29) is 0 Å². The summed E-state index contributed by atoms with van der Waals surface area (Å²) in [6.45, 7) is 7.71. The van der Waals surface area contributed by atoms with Crippen LogP contribution in [-0.2, 0) is 4.74 Å². The van der Waals surface area contributed by atoms with Crippen LogP contribution in [0.3, 0.4) is 0 Å². The molecule has 0 aromatic heterocycles. The molecular formula is C10H16O. The zero-order valence-electron chi connectivity index (χ0n) is 7.18. The molecule has 1 nitrogen and oxygen atoms in total. The number of allylic oxidation sites excluding steroid dienone is 3. The van der Waals surface area contributed by atoms with Gasteiger partial charge in [0.1, 0.15) is 0 Å². The molecule has 1 saturated heterocycles. The normalized spacial score (nSPS) is 21.7. The maximum atomic E-state index is 5.27. The second-order valence-corrected chi connectivity index (χ2v) is 3.03. The molecule has 1 aliphatic heterocycles. The van der Waals surface area contributed by atoms with Crippen molar-refractivity contribution in [2.75, 3.05) is 13.2 Å². The third kappa shape index (κ3) is 2.51. The first-order chi connectivity index (χ1) is 5.34. The maximum Gasteiger partial charge on any atom is 0.0471 e. The van der Waals surface area contributed by atoms with Crippen LogP contribution in [0.4, 0.5) is 0 Å². The van der Waals surface area contributed by atoms with E-state index < -0.39 is 0 Å². The van der Waals surface area contributed by atoms with E-state index in [4.69, 9.17) is 4.74 Å². The van der Waals surface area contributed by atoms with Gasteiger partial charge in [-0.05, 0) is 25.7 Å². The van der Waals surface area contributed by atoms with Crippen molar-refractivity contribution < 1.29 is 4.74 Å². The first-order valence-electron chi connectivity index (χ1n) is 4.21. The van der Waals surface area contributed by atoms with E-state index in [0.29, 0.717) is 0 Å². The summed E-state index contributed by atoms with van der Waals surface area (Å²) in [5, 5.41) is 0. The maximum absolute atomic E-state index is 5.27. The summed E-state index contributed by atoms with van der Waals surface area (Å²) in [6.07, 6.45) is 6.33. The van der Waals surface area contributed by atoms with Gasteiger partial charge in [0.05, 0.1) is 0 Å². The molecule has 1 aliphatic rings. The van der Waals surface area contributed by atoms with E-state index in [1.54, 1.807) is 0 Å². The summed E-state index contributed by atoms with van der Waals surface area (Å²) < 4.78 is 5.27. The molecule has 0 bridgehead atoms. The van der Waals surface area contributed by atoms with Gasteiger partial charge in [-0.25, -0.2) is 0 Å². The van der Waals surface area contributed by atoms with Crippen LogP contribution >= 0.6 is 0 Å². The topological polar surface area (TPSA) is 9.23 Å². The Morgan fingerprint density at radius 3 is 2.64 bits per heavy atom. The highest BCUT2D eigenvalue weighted by atomic mass is 16.5. The van der Waals surface area contributed by atoms with E-state index >= 15 is 0 Å². The number of hydrogen-bond donors (Lipinski definition) is 0. The molecule has 62 valence electrons. The Kier molecular flexibility index (Phi) is 3.37. The highest BCUT2D eigenvalue weighted by Crippen LogP contribution is 2.22. The van der Waals surface area contributed by atoms with Crippen LogP contribution in [-0.4, -0.2) is 13.2 Å². The van der Waals surface area contributed by atoms with Gasteiger partial charge in [-0.3, -0.25) is 0 Å². The zero-order chi connectivity index (χ0) is 8.10. The SMILES string of the molecule is C=CC=C(C)C1CCOCC1. The summed E-state index contributed by atoms with van der Waals surface area (Å²) in [5.74, 6) is 0.738. The van der Waals surface area contributed by atoms with E-state index in [0.717, 1.165) is 19.1 Å². The molecule has 0 aromatic carbocycles. The van der Waals surface area contributed by atoms with Crippen LogP contribution in [0.5, 0.6) is 0 Å². The summed E-state index contributed by atoms with van der Waals surface area (Å²) in [5.41, 5.74) is 1.45. The number of hydrogen-bond acceptors (Lipinski definition) is 1. The fraction of sp³-hybridized carbons (Fsp3) is 0.600. The summed E-state index contributed by atoms with van der Waals surface area (Å²) in [7, 11) is 0. The van der Waals surface area contributed by atoms with Gasteiger partial charge in [-0.2, -0.15) is 0 Å². The van der Waals surface area contributed by atoms with Gasteiger partial charge in [-0.15, -0.1) is 0 Å². The van der Waals surface area contributed by atoms with Crippen molar-refractivity contribution >= 4 is 0 Å². The second kappa shape index (κ2) is 4.35. The first kappa shape index (κ1) is 8.54. The monoisotopic (exact) mass is 152 g/mol. The standard InChI is InChI=1S/C10H16O/c1-3-4-9(2)10-5-7-11-8-6-10/h3-4,10H,1,5-8H2,2H3. The lowest BCUT2D eigenvalue weighted by Gasteiger charge is -2.22. The lowest BCUT2D eigenvalue weighted by molar-refractivity contribution is 0.0758. The second-order valence-electron chi connectivity index (χ2n) is 3.03. The average molecular weight is 152 g/mol. The summed E-state index contributed by atoms with van der Waals surface area (Å²) in [4.78, 5) is 0. The molecule has 0 atom stereocenters. The van der Waals surface area contributed by atoms with Gasteiger partial charge < -0.3 is 4.74 Å². The molecular weight excluding hydrogens is 136 g/mol. The van der Waals surface area contributed by atoms with Crippen LogP contribution in [0, 0.1) is 5.92 Å². The number of rotatable bonds is 2. The van der Waals surface area contributed by atoms with Gasteiger partial charge in [0, 0.05) is 13.2 Å². The Balaban J connectivity index is 2.44. The van der Waals surface area contributed by atoms with Gasteiger partial charge in [-0.1, -0.05) is 24.3 Å². The molecule has 0 radical (unpaired) electrons. The minimum atomic E-state index is 0.738. The highest BCUT2D eigenvalue weighted by molar-refractivity contribution is 5.11. The fourth-order valence-corrected chi connectivity index (χ4v) is 1.47. The predicted octanol–water partition coefficient (Wildman–Crippen LogP) is 2.55. The molecule has 0 unspecified atom stereocenters. The fourth-order valence-electron chi connectivity index (χ4n) is 1.47. The van der Waals surface area contributed by atoms with Crippen molar-refractivity contribution in [3.8, 4) is 0 Å². The van der Waals surface area contributed by atoms with E-state index in [2.05, 4.69) is 19.6 Å². The highest BCUT2D eigenvalue weighted by Gasteiger charge is 2.14. The smallest absolute Gasteiger partial charge is 0.0471 e. The Labute approximate surface area is 68.8 Å². The number of ether oxygens (including phenoxy) is 1. The van der Waals surface area contributed by atoms with Crippen LogP contribution in [0.15, 0.2) is 24.3 Å². The molecule has 1 heterocycles. The van der Waals surface area contributed by atoms with E-state index in [1.807, 2.05) is 6.08 Å². The third-order valence-corrected chi connectivity index (χ3v) is 2.25. The van der Waals surface area contributed by atoms with Gasteiger partial charge >= 0.3 is 0 Å². The van der Waals surface area contributed by atoms with E-state index in [1.165, 1.54) is 18.4 Å². The van der Waals surface area contributed by atoms with Crippen molar-refractivity contribution in [1.29, 1.82) is 0 Å². The molecule has 0 spiro atoms. The van der Waals surface area contributed by atoms with Crippen molar-refractivity contribution in [2.24, 2.45) is 5.92 Å². The van der Waals surface area contributed by atoms with Gasteiger partial charge in [0.2, 0.25) is 0 Å². The molecule has 0 aromatic rings. The Morgan fingerprint density at radius 1 is 1.45 bits per heavy atom. The van der Waals surface area contributed by atoms with Crippen LogP contribution < -0.4 is 0 Å². The first-order valence-corrected chi connectivity index (χ1v) is 4.21. The molecule has 1 fully saturated rings. The minimum absolute atomic E-state index is 0.738. The van der Waals surface area contributed by atoms with Crippen molar-refractivity contribution in [1.82, 2.24) is 0 Å². The van der Waals surface area contributed by atoms with E-state index in [9.17, 15) is 0 Å². The molecule has 1 rings (SSSR count). The van der Waals surface area contributed by atoms with Crippen molar-refractivity contribution in [2.45, 2.75) is 19.8 Å². The molecule has 0 amide bonds. The summed E-state index contributed by atoms with van der Waals surface area (Å²) in [6, 6.07) is 0. The van der Waals surface area contributed by atoms with Crippen molar-refractivity contribution in [3.63, 3.8) is 0 Å². The summed E-state index contributed by atoms with van der Waals surface area (Å²) >= 11 is 0. The molecule has 0 saturated carbocycles. The Bertz CT molecular complexity index is 152. The van der Waals surface area contributed by atoms with Gasteiger partial charge in [0.25, 0.3) is 0 Å². The quantitative estimate of drug-likeness (QED) is 0.552. The molecule has 0 aliphatic carbocycles. The largest absolute Gasteiger partial charge is 0.381 e. The predicted molar refractivity (Wildman–Crippen MR) is 47.5 cm³/mol. The Hall–Kier alpha value is -0.560. The Morgan fingerprint density at radius 2 is 2.09 bits per heavy atom. The zero-order valence-corrected chi connectivity index (χ0v) is 7.18. The lowest BCUT2D eigenvalue weighted by atomic mass is 9.92.